The quantitative estimate of drug-likeness (QED) is 0.670. The molecule has 0 radical (unpaired) electrons. The van der Waals surface area contributed by atoms with Crippen molar-refractivity contribution in [3.8, 4) is 6.07 Å². The number of nitro benzene ring substituents is 1. The van der Waals surface area contributed by atoms with Crippen molar-refractivity contribution < 1.29 is 4.92 Å². The molecule has 0 saturated carbocycles. The summed E-state index contributed by atoms with van der Waals surface area (Å²) in [5.74, 6) is 0. The minimum Gasteiger partial charge on any atom is -0.350 e. The van der Waals surface area contributed by atoms with E-state index < -0.39 is 4.92 Å². The average Bonchev–Trinajstić information content (AvgIpc) is 2.41. The Kier molecular flexibility index (Phi) is 3.44. The van der Waals surface area contributed by atoms with Crippen LogP contribution in [0.25, 0.3) is 0 Å². The van der Waals surface area contributed by atoms with Gasteiger partial charge in [0.15, 0.2) is 0 Å². The topological polar surface area (TPSA) is 79.0 Å². The predicted molar refractivity (Wildman–Crippen MR) is 72.3 cm³/mol. The summed E-state index contributed by atoms with van der Waals surface area (Å²) in [6, 6.07) is 13.7. The smallest absolute Gasteiger partial charge is 0.292 e. The second-order valence-electron chi connectivity index (χ2n) is 4.04. The van der Waals surface area contributed by atoms with E-state index >= 15 is 0 Å². The lowest BCUT2D eigenvalue weighted by molar-refractivity contribution is -0.383. The van der Waals surface area contributed by atoms with Crippen LogP contribution in [0.1, 0.15) is 11.1 Å². The van der Waals surface area contributed by atoms with E-state index in [-0.39, 0.29) is 5.69 Å². The lowest BCUT2D eigenvalue weighted by atomic mass is 10.1. The molecule has 19 heavy (non-hydrogen) atoms. The molecular formula is C14H11N3O2. The van der Waals surface area contributed by atoms with E-state index in [1.54, 1.807) is 0 Å². The molecule has 1 N–H and O–H groups in total. The maximum atomic E-state index is 11.0. The van der Waals surface area contributed by atoms with E-state index in [0.29, 0.717) is 11.3 Å². The summed E-state index contributed by atoms with van der Waals surface area (Å²) in [4.78, 5) is 10.5. The molecule has 0 bridgehead atoms. The molecule has 2 aromatic rings. The maximum absolute atomic E-state index is 11.0. The van der Waals surface area contributed by atoms with Crippen LogP contribution in [0.5, 0.6) is 0 Å². The lowest BCUT2D eigenvalue weighted by Gasteiger charge is -2.09. The molecule has 0 aromatic heterocycles. The van der Waals surface area contributed by atoms with Gasteiger partial charge in [-0.1, -0.05) is 18.2 Å². The van der Waals surface area contributed by atoms with E-state index in [0.717, 1.165) is 11.3 Å². The van der Waals surface area contributed by atoms with Crippen LogP contribution in [0.3, 0.4) is 0 Å². The van der Waals surface area contributed by atoms with Crippen LogP contribution in [-0.2, 0) is 0 Å². The summed E-state index contributed by atoms with van der Waals surface area (Å²) in [7, 11) is 0. The fraction of sp³-hybridized carbons (Fsp3) is 0.0714. The van der Waals surface area contributed by atoms with Crippen molar-refractivity contribution in [2.24, 2.45) is 0 Å². The molecule has 0 aliphatic carbocycles. The van der Waals surface area contributed by atoms with Gasteiger partial charge in [-0.25, -0.2) is 0 Å². The SMILES string of the molecule is Cc1ccccc1Nc1cc(C#N)ccc1[N+](=O)[O-]. The van der Waals surface area contributed by atoms with Gasteiger partial charge < -0.3 is 5.32 Å². The zero-order chi connectivity index (χ0) is 13.8. The second kappa shape index (κ2) is 5.19. The standard InChI is InChI=1S/C14H11N3O2/c1-10-4-2-3-5-12(10)16-13-8-11(9-15)6-7-14(13)17(18)19/h2-8,16H,1H3. The number of para-hydroxylation sites is 1. The highest BCUT2D eigenvalue weighted by atomic mass is 16.6. The number of rotatable bonds is 3. The summed E-state index contributed by atoms with van der Waals surface area (Å²) in [6.07, 6.45) is 0. The summed E-state index contributed by atoms with van der Waals surface area (Å²) < 4.78 is 0. The normalized spacial score (nSPS) is 9.68. The predicted octanol–water partition coefficient (Wildman–Crippen LogP) is 3.52. The number of anilines is 2. The summed E-state index contributed by atoms with van der Waals surface area (Å²) in [5.41, 5.74) is 2.39. The third-order valence-electron chi connectivity index (χ3n) is 2.74. The molecule has 0 aliphatic heterocycles. The Morgan fingerprint density at radius 3 is 2.58 bits per heavy atom. The lowest BCUT2D eigenvalue weighted by Crippen LogP contribution is -1.98. The molecule has 0 unspecified atom stereocenters. The number of hydrogen-bond donors (Lipinski definition) is 1. The fourth-order valence-corrected chi connectivity index (χ4v) is 1.72. The van der Waals surface area contributed by atoms with Crippen molar-refractivity contribution in [3.05, 3.63) is 63.7 Å². The minimum absolute atomic E-state index is 0.0535. The first kappa shape index (κ1) is 12.6. The maximum Gasteiger partial charge on any atom is 0.292 e. The van der Waals surface area contributed by atoms with Gasteiger partial charge in [-0.15, -0.1) is 0 Å². The van der Waals surface area contributed by atoms with Crippen molar-refractivity contribution >= 4 is 17.1 Å². The first-order valence-corrected chi connectivity index (χ1v) is 5.63. The van der Waals surface area contributed by atoms with Crippen molar-refractivity contribution in [3.63, 3.8) is 0 Å². The Bertz CT molecular complexity index is 675. The van der Waals surface area contributed by atoms with Crippen LogP contribution in [0.15, 0.2) is 42.5 Å². The summed E-state index contributed by atoms with van der Waals surface area (Å²) >= 11 is 0. The Balaban J connectivity index is 2.46. The zero-order valence-electron chi connectivity index (χ0n) is 10.3. The van der Waals surface area contributed by atoms with Crippen LogP contribution in [-0.4, -0.2) is 4.92 Å². The van der Waals surface area contributed by atoms with E-state index in [4.69, 9.17) is 5.26 Å². The minimum atomic E-state index is -0.470. The largest absolute Gasteiger partial charge is 0.350 e. The monoisotopic (exact) mass is 253 g/mol. The Hall–Kier alpha value is -2.87. The van der Waals surface area contributed by atoms with Crippen molar-refractivity contribution in [2.45, 2.75) is 6.92 Å². The van der Waals surface area contributed by atoms with Gasteiger partial charge in [-0.3, -0.25) is 10.1 Å². The van der Waals surface area contributed by atoms with Crippen molar-refractivity contribution in [2.75, 3.05) is 5.32 Å². The third-order valence-corrected chi connectivity index (χ3v) is 2.74. The number of nitriles is 1. The highest BCUT2D eigenvalue weighted by Crippen LogP contribution is 2.29. The van der Waals surface area contributed by atoms with Crippen molar-refractivity contribution in [1.29, 1.82) is 5.26 Å². The number of benzene rings is 2. The molecule has 0 spiro atoms. The first-order valence-electron chi connectivity index (χ1n) is 5.63. The highest BCUT2D eigenvalue weighted by molar-refractivity contribution is 5.72. The molecule has 0 saturated heterocycles. The molecule has 0 atom stereocenters. The summed E-state index contributed by atoms with van der Waals surface area (Å²) in [5, 5.41) is 22.8. The van der Waals surface area contributed by atoms with Gasteiger partial charge in [0.1, 0.15) is 5.69 Å². The van der Waals surface area contributed by atoms with Gasteiger partial charge in [-0.2, -0.15) is 5.26 Å². The molecule has 2 rings (SSSR count). The average molecular weight is 253 g/mol. The summed E-state index contributed by atoms with van der Waals surface area (Å²) in [6.45, 7) is 1.91. The molecule has 2 aromatic carbocycles. The number of nitrogens with zero attached hydrogens (tertiary/aromatic N) is 2. The van der Waals surface area contributed by atoms with Gasteiger partial charge in [-0.05, 0) is 30.7 Å². The Morgan fingerprint density at radius 1 is 1.21 bits per heavy atom. The van der Waals surface area contributed by atoms with E-state index in [2.05, 4.69) is 5.32 Å². The Labute approximate surface area is 110 Å². The number of aryl methyl sites for hydroxylation is 1. The second-order valence-corrected chi connectivity index (χ2v) is 4.04. The van der Waals surface area contributed by atoms with Crippen LogP contribution < -0.4 is 5.32 Å². The molecule has 0 amide bonds. The molecule has 94 valence electrons. The van der Waals surface area contributed by atoms with Crippen LogP contribution >= 0.6 is 0 Å². The van der Waals surface area contributed by atoms with E-state index in [9.17, 15) is 10.1 Å². The van der Waals surface area contributed by atoms with Gasteiger partial charge >= 0.3 is 0 Å². The van der Waals surface area contributed by atoms with Crippen LogP contribution in [0.4, 0.5) is 17.1 Å². The molecular weight excluding hydrogens is 242 g/mol. The molecule has 0 fully saturated rings. The Morgan fingerprint density at radius 2 is 1.95 bits per heavy atom. The van der Waals surface area contributed by atoms with E-state index in [1.807, 2.05) is 37.3 Å². The number of nitrogens with one attached hydrogen (secondary N) is 1. The third kappa shape index (κ3) is 2.69. The van der Waals surface area contributed by atoms with Gasteiger partial charge in [0, 0.05) is 11.8 Å². The number of hydrogen-bond acceptors (Lipinski definition) is 4. The molecule has 5 nitrogen and oxygen atoms in total. The van der Waals surface area contributed by atoms with Crippen LogP contribution in [0.2, 0.25) is 0 Å². The molecule has 0 heterocycles. The number of nitro groups is 1. The zero-order valence-corrected chi connectivity index (χ0v) is 10.3. The van der Waals surface area contributed by atoms with Gasteiger partial charge in [0.25, 0.3) is 5.69 Å². The first-order chi connectivity index (χ1) is 9.11. The van der Waals surface area contributed by atoms with E-state index in [1.165, 1.54) is 18.2 Å². The van der Waals surface area contributed by atoms with Crippen molar-refractivity contribution in [1.82, 2.24) is 0 Å². The highest BCUT2D eigenvalue weighted by Gasteiger charge is 2.14. The van der Waals surface area contributed by atoms with Crippen LogP contribution in [0, 0.1) is 28.4 Å². The van der Waals surface area contributed by atoms with Gasteiger partial charge in [0.05, 0.1) is 16.6 Å². The van der Waals surface area contributed by atoms with Gasteiger partial charge in [0.2, 0.25) is 0 Å². The molecule has 0 aliphatic rings. The molecule has 5 heteroatoms. The fourth-order valence-electron chi connectivity index (χ4n) is 1.72.